The van der Waals surface area contributed by atoms with Crippen molar-refractivity contribution in [2.75, 3.05) is 0 Å². The van der Waals surface area contributed by atoms with E-state index < -0.39 is 5.60 Å². The summed E-state index contributed by atoms with van der Waals surface area (Å²) < 4.78 is 0. The third-order valence-electron chi connectivity index (χ3n) is 2.56. The van der Waals surface area contributed by atoms with Gasteiger partial charge in [0.2, 0.25) is 0 Å². The summed E-state index contributed by atoms with van der Waals surface area (Å²) in [7, 11) is 0. The zero-order chi connectivity index (χ0) is 7.78. The maximum atomic E-state index is 9.88. The maximum Gasteiger partial charge on any atom is 0.0857 e. The third-order valence-corrected chi connectivity index (χ3v) is 2.56. The topological polar surface area (TPSA) is 20.2 Å². The van der Waals surface area contributed by atoms with Crippen LogP contribution in [0.3, 0.4) is 0 Å². The highest BCUT2D eigenvalue weighted by Crippen LogP contribution is 2.42. The molecule has 0 aromatic heterocycles. The zero-order valence-electron chi connectivity index (χ0n) is 7.07. The van der Waals surface area contributed by atoms with Crippen molar-refractivity contribution in [3.8, 4) is 0 Å². The lowest BCUT2D eigenvalue weighted by Crippen LogP contribution is -2.25. The number of hydrogen-bond donors (Lipinski definition) is 1. The van der Waals surface area contributed by atoms with Gasteiger partial charge in [-0.25, -0.2) is 0 Å². The summed E-state index contributed by atoms with van der Waals surface area (Å²) in [5.74, 6) is 0. The molecular weight excluding hydrogens is 124 g/mol. The van der Waals surface area contributed by atoms with E-state index in [1.807, 2.05) is 13.8 Å². The third kappa shape index (κ3) is 1.10. The minimum atomic E-state index is -0.454. The van der Waals surface area contributed by atoms with Crippen LogP contribution < -0.4 is 0 Å². The molecule has 0 amide bonds. The fourth-order valence-corrected chi connectivity index (χ4v) is 1.46. The smallest absolute Gasteiger partial charge is 0.0857 e. The molecule has 58 valence electrons. The summed E-state index contributed by atoms with van der Waals surface area (Å²) >= 11 is 0. The molecule has 0 aromatic carbocycles. The van der Waals surface area contributed by atoms with E-state index in [1.54, 1.807) is 0 Å². The highest BCUT2D eigenvalue weighted by Gasteiger charge is 2.35. The molecule has 1 aliphatic carbocycles. The standard InChI is InChI=1S/C9H16O/c1-4-9(10,5-2)8-6-7(8)3/h10H,4-6H2,1-3H3. The Balaban J connectivity index is 2.66. The lowest BCUT2D eigenvalue weighted by atomic mass is 9.94. The zero-order valence-corrected chi connectivity index (χ0v) is 7.07. The van der Waals surface area contributed by atoms with Crippen molar-refractivity contribution >= 4 is 0 Å². The average Bonchev–Trinajstić information content (AvgIpc) is 2.66. The van der Waals surface area contributed by atoms with Crippen LogP contribution in [0.2, 0.25) is 0 Å². The molecule has 0 unspecified atom stereocenters. The molecule has 0 saturated heterocycles. The van der Waals surface area contributed by atoms with E-state index in [9.17, 15) is 5.11 Å². The fourth-order valence-electron chi connectivity index (χ4n) is 1.46. The molecular formula is C9H16O. The second-order valence-electron chi connectivity index (χ2n) is 3.17. The fraction of sp³-hybridized carbons (Fsp3) is 0.778. The van der Waals surface area contributed by atoms with Gasteiger partial charge in [0, 0.05) is 0 Å². The first-order valence-corrected chi connectivity index (χ1v) is 4.05. The number of allylic oxidation sites excluding steroid dienone is 1. The molecule has 1 aliphatic rings. The first-order valence-electron chi connectivity index (χ1n) is 4.05. The van der Waals surface area contributed by atoms with Crippen LogP contribution in [-0.4, -0.2) is 10.7 Å². The normalized spacial score (nSPS) is 18.0. The van der Waals surface area contributed by atoms with Crippen LogP contribution in [0, 0.1) is 0 Å². The lowest BCUT2D eigenvalue weighted by molar-refractivity contribution is 0.0744. The van der Waals surface area contributed by atoms with Gasteiger partial charge < -0.3 is 5.11 Å². The average molecular weight is 140 g/mol. The van der Waals surface area contributed by atoms with Crippen molar-refractivity contribution in [2.24, 2.45) is 0 Å². The van der Waals surface area contributed by atoms with Crippen LogP contribution >= 0.6 is 0 Å². The van der Waals surface area contributed by atoms with Crippen molar-refractivity contribution in [2.45, 2.75) is 45.6 Å². The van der Waals surface area contributed by atoms with E-state index in [4.69, 9.17) is 0 Å². The van der Waals surface area contributed by atoms with E-state index in [2.05, 4.69) is 6.92 Å². The Morgan fingerprint density at radius 1 is 1.40 bits per heavy atom. The molecule has 1 nitrogen and oxygen atoms in total. The molecule has 1 rings (SSSR count). The van der Waals surface area contributed by atoms with Crippen LogP contribution in [0.15, 0.2) is 11.1 Å². The molecule has 0 heterocycles. The summed E-state index contributed by atoms with van der Waals surface area (Å²) in [4.78, 5) is 0. The van der Waals surface area contributed by atoms with Gasteiger partial charge in [0.25, 0.3) is 0 Å². The van der Waals surface area contributed by atoms with Gasteiger partial charge in [-0.2, -0.15) is 0 Å². The second-order valence-corrected chi connectivity index (χ2v) is 3.17. The summed E-state index contributed by atoms with van der Waals surface area (Å²) in [5.41, 5.74) is 2.23. The molecule has 0 atom stereocenters. The van der Waals surface area contributed by atoms with Crippen LogP contribution in [0.25, 0.3) is 0 Å². The van der Waals surface area contributed by atoms with Gasteiger partial charge in [-0.3, -0.25) is 0 Å². The first-order chi connectivity index (χ1) is 4.64. The number of rotatable bonds is 3. The Labute approximate surface area is 62.8 Å². The van der Waals surface area contributed by atoms with E-state index >= 15 is 0 Å². The highest BCUT2D eigenvalue weighted by atomic mass is 16.3. The van der Waals surface area contributed by atoms with E-state index in [1.165, 1.54) is 11.1 Å². The van der Waals surface area contributed by atoms with Gasteiger partial charge >= 0.3 is 0 Å². The predicted octanol–water partition coefficient (Wildman–Crippen LogP) is 2.26. The molecule has 1 N–H and O–H groups in total. The molecule has 0 aromatic rings. The molecule has 0 aliphatic heterocycles. The van der Waals surface area contributed by atoms with E-state index in [0.29, 0.717) is 0 Å². The Morgan fingerprint density at radius 2 is 1.80 bits per heavy atom. The molecule has 0 saturated carbocycles. The maximum absolute atomic E-state index is 9.88. The molecule has 0 spiro atoms. The largest absolute Gasteiger partial charge is 0.386 e. The second kappa shape index (κ2) is 2.39. The van der Waals surface area contributed by atoms with Crippen molar-refractivity contribution in [3.05, 3.63) is 11.1 Å². The summed E-state index contributed by atoms with van der Waals surface area (Å²) in [5, 5.41) is 9.88. The molecule has 0 bridgehead atoms. The van der Waals surface area contributed by atoms with Crippen LogP contribution in [0.4, 0.5) is 0 Å². The van der Waals surface area contributed by atoms with Crippen molar-refractivity contribution in [3.63, 3.8) is 0 Å². The van der Waals surface area contributed by atoms with Gasteiger partial charge in [-0.05, 0) is 31.8 Å². The monoisotopic (exact) mass is 140 g/mol. The van der Waals surface area contributed by atoms with Gasteiger partial charge in [0.15, 0.2) is 0 Å². The van der Waals surface area contributed by atoms with Crippen LogP contribution in [0.5, 0.6) is 0 Å². The van der Waals surface area contributed by atoms with E-state index in [0.717, 1.165) is 19.3 Å². The molecule has 0 fully saturated rings. The van der Waals surface area contributed by atoms with Gasteiger partial charge in [0.1, 0.15) is 0 Å². The van der Waals surface area contributed by atoms with Crippen molar-refractivity contribution < 1.29 is 5.11 Å². The van der Waals surface area contributed by atoms with E-state index in [-0.39, 0.29) is 0 Å². The molecule has 0 radical (unpaired) electrons. The molecule has 1 heteroatoms. The van der Waals surface area contributed by atoms with Gasteiger partial charge in [0.05, 0.1) is 5.60 Å². The first kappa shape index (κ1) is 7.80. The lowest BCUT2D eigenvalue weighted by Gasteiger charge is -2.21. The van der Waals surface area contributed by atoms with Crippen molar-refractivity contribution in [1.29, 1.82) is 0 Å². The Bertz CT molecular complexity index is 164. The number of hydrogen-bond acceptors (Lipinski definition) is 1. The Hall–Kier alpha value is -0.300. The summed E-state index contributed by atoms with van der Waals surface area (Å²) in [6.07, 6.45) is 2.78. The van der Waals surface area contributed by atoms with Crippen LogP contribution in [0.1, 0.15) is 40.0 Å². The van der Waals surface area contributed by atoms with Crippen molar-refractivity contribution in [1.82, 2.24) is 0 Å². The van der Waals surface area contributed by atoms with Gasteiger partial charge in [-0.1, -0.05) is 19.4 Å². The van der Waals surface area contributed by atoms with Crippen LogP contribution in [-0.2, 0) is 0 Å². The number of aliphatic hydroxyl groups is 1. The molecule has 10 heavy (non-hydrogen) atoms. The summed E-state index contributed by atoms with van der Waals surface area (Å²) in [6, 6.07) is 0. The Morgan fingerprint density at radius 3 is 1.90 bits per heavy atom. The van der Waals surface area contributed by atoms with Gasteiger partial charge in [-0.15, -0.1) is 0 Å². The minimum absolute atomic E-state index is 0.454. The SMILES string of the molecule is CCC(O)(CC)C1=C(C)C1. The highest BCUT2D eigenvalue weighted by molar-refractivity contribution is 5.40. The predicted molar refractivity (Wildman–Crippen MR) is 42.8 cm³/mol. The minimum Gasteiger partial charge on any atom is -0.386 e. The quantitative estimate of drug-likeness (QED) is 0.596. The Kier molecular flexibility index (Phi) is 1.86. The summed E-state index contributed by atoms with van der Waals surface area (Å²) in [6.45, 7) is 6.19.